The Morgan fingerprint density at radius 1 is 1.69 bits per heavy atom. The van der Waals surface area contributed by atoms with E-state index in [4.69, 9.17) is 21.8 Å². The fraction of sp³-hybridized carbons (Fsp3) is 0.875. The molecule has 1 aliphatic rings. The number of rotatable bonds is 4. The summed E-state index contributed by atoms with van der Waals surface area (Å²) >= 11 is 5.62. The van der Waals surface area contributed by atoms with Crippen molar-refractivity contribution >= 4 is 17.5 Å². The molecular formula is C8H14ClNO3. The number of β-amino-alcohol motifs (C(OH)–C–C–N with tert-alkyl or cyclic N) is 1. The first kappa shape index (κ1) is 10.8. The topological polar surface area (TPSA) is 60.8 Å². The number of aliphatic hydroxyl groups is 2. The molecule has 0 aromatic carbocycles. The van der Waals surface area contributed by atoms with Crippen LogP contribution in [0.5, 0.6) is 0 Å². The van der Waals surface area contributed by atoms with Gasteiger partial charge in [-0.25, -0.2) is 0 Å². The van der Waals surface area contributed by atoms with Gasteiger partial charge in [-0.1, -0.05) is 0 Å². The number of aliphatic hydroxyl groups excluding tert-OH is 2. The molecule has 0 aromatic rings. The number of carbonyl (C=O) groups is 1. The monoisotopic (exact) mass is 207 g/mol. The molecule has 1 amide bonds. The number of alkyl halides is 1. The van der Waals surface area contributed by atoms with Crippen LogP contribution in [-0.2, 0) is 4.79 Å². The van der Waals surface area contributed by atoms with Gasteiger partial charge in [0.15, 0.2) is 0 Å². The van der Waals surface area contributed by atoms with Crippen molar-refractivity contribution in [2.24, 2.45) is 5.92 Å². The number of hydrogen-bond acceptors (Lipinski definition) is 3. The summed E-state index contributed by atoms with van der Waals surface area (Å²) in [6.07, 6.45) is -0.375. The number of nitrogens with zero attached hydrogens (tertiary/aromatic N) is 1. The Bertz CT molecular complexity index is 188. The van der Waals surface area contributed by atoms with Crippen molar-refractivity contribution in [3.63, 3.8) is 0 Å². The zero-order valence-electron chi connectivity index (χ0n) is 7.32. The van der Waals surface area contributed by atoms with Gasteiger partial charge in [0.05, 0.1) is 12.7 Å². The molecule has 2 N–H and O–H groups in total. The molecule has 1 fully saturated rings. The molecule has 5 heteroatoms. The first-order chi connectivity index (χ1) is 6.17. The molecule has 1 heterocycles. The highest BCUT2D eigenvalue weighted by atomic mass is 35.5. The third-order valence-electron chi connectivity index (χ3n) is 2.15. The summed E-state index contributed by atoms with van der Waals surface area (Å²) < 4.78 is 0. The largest absolute Gasteiger partial charge is 0.394 e. The van der Waals surface area contributed by atoms with Gasteiger partial charge in [0.1, 0.15) is 0 Å². The average molecular weight is 208 g/mol. The molecule has 0 radical (unpaired) electrons. The molecule has 0 aliphatic carbocycles. The minimum Gasteiger partial charge on any atom is -0.394 e. The van der Waals surface area contributed by atoms with Crippen LogP contribution in [0.25, 0.3) is 0 Å². The minimum atomic E-state index is -0.835. The third kappa shape index (κ3) is 2.83. The normalized spacial score (nSPS) is 25.3. The lowest BCUT2D eigenvalue weighted by Crippen LogP contribution is -2.35. The van der Waals surface area contributed by atoms with Crippen LogP contribution in [0.2, 0.25) is 0 Å². The summed E-state index contributed by atoms with van der Waals surface area (Å²) in [5, 5.41) is 17.7. The molecule has 1 aliphatic heterocycles. The SMILES string of the molecule is O=C1CC(CCl)CN1C[C@@H](O)CO. The second-order valence-corrected chi connectivity index (χ2v) is 3.67. The van der Waals surface area contributed by atoms with Crippen LogP contribution in [0, 0.1) is 5.92 Å². The summed E-state index contributed by atoms with van der Waals surface area (Å²) in [5.74, 6) is 0.676. The molecule has 1 rings (SSSR count). The molecule has 1 unspecified atom stereocenters. The molecule has 1 saturated heterocycles. The van der Waals surface area contributed by atoms with E-state index in [-0.39, 0.29) is 25.0 Å². The van der Waals surface area contributed by atoms with Crippen molar-refractivity contribution in [2.45, 2.75) is 12.5 Å². The number of amides is 1. The smallest absolute Gasteiger partial charge is 0.223 e. The van der Waals surface area contributed by atoms with Gasteiger partial charge in [0, 0.05) is 25.4 Å². The molecule has 2 atom stereocenters. The average Bonchev–Trinajstić information content (AvgIpc) is 2.47. The van der Waals surface area contributed by atoms with Crippen LogP contribution in [0.1, 0.15) is 6.42 Å². The van der Waals surface area contributed by atoms with Crippen LogP contribution in [0.15, 0.2) is 0 Å². The summed E-state index contributed by atoms with van der Waals surface area (Å²) in [5.41, 5.74) is 0. The van der Waals surface area contributed by atoms with Crippen LogP contribution in [0.3, 0.4) is 0 Å². The Balaban J connectivity index is 2.39. The maximum atomic E-state index is 11.3. The second-order valence-electron chi connectivity index (χ2n) is 3.36. The standard InChI is InChI=1S/C8H14ClNO3/c9-2-6-1-8(13)10(3-6)4-7(12)5-11/h6-7,11-12H,1-5H2/t6?,7-/m1/s1. The Morgan fingerprint density at radius 3 is 2.85 bits per heavy atom. The van der Waals surface area contributed by atoms with Crippen molar-refractivity contribution in [1.82, 2.24) is 4.90 Å². The van der Waals surface area contributed by atoms with E-state index in [0.717, 1.165) is 0 Å². The van der Waals surface area contributed by atoms with Crippen LogP contribution < -0.4 is 0 Å². The lowest BCUT2D eigenvalue weighted by Gasteiger charge is -2.18. The predicted molar refractivity (Wildman–Crippen MR) is 48.5 cm³/mol. The van der Waals surface area contributed by atoms with E-state index in [0.29, 0.717) is 18.8 Å². The summed E-state index contributed by atoms with van der Waals surface area (Å²) in [4.78, 5) is 12.8. The molecule has 76 valence electrons. The van der Waals surface area contributed by atoms with Gasteiger partial charge >= 0.3 is 0 Å². The van der Waals surface area contributed by atoms with Crippen molar-refractivity contribution in [2.75, 3.05) is 25.6 Å². The van der Waals surface area contributed by atoms with Gasteiger partial charge in [0.25, 0.3) is 0 Å². The molecule has 0 bridgehead atoms. The fourth-order valence-electron chi connectivity index (χ4n) is 1.45. The minimum absolute atomic E-state index is 0.0122. The molecular weight excluding hydrogens is 194 g/mol. The zero-order chi connectivity index (χ0) is 9.84. The summed E-state index contributed by atoms with van der Waals surface area (Å²) in [6, 6.07) is 0. The first-order valence-electron chi connectivity index (χ1n) is 4.30. The lowest BCUT2D eigenvalue weighted by molar-refractivity contribution is -0.129. The van der Waals surface area contributed by atoms with Crippen molar-refractivity contribution in [3.05, 3.63) is 0 Å². The van der Waals surface area contributed by atoms with Crippen molar-refractivity contribution in [1.29, 1.82) is 0 Å². The van der Waals surface area contributed by atoms with Gasteiger partial charge in [-0.05, 0) is 5.92 Å². The maximum Gasteiger partial charge on any atom is 0.223 e. The van der Waals surface area contributed by atoms with Crippen LogP contribution >= 0.6 is 11.6 Å². The van der Waals surface area contributed by atoms with Crippen molar-refractivity contribution < 1.29 is 15.0 Å². The van der Waals surface area contributed by atoms with Gasteiger partial charge < -0.3 is 15.1 Å². The van der Waals surface area contributed by atoms with E-state index in [1.165, 1.54) is 0 Å². The Labute approximate surface area is 82.1 Å². The molecule has 13 heavy (non-hydrogen) atoms. The molecule has 0 saturated carbocycles. The highest BCUT2D eigenvalue weighted by Gasteiger charge is 2.29. The van der Waals surface area contributed by atoms with Crippen molar-refractivity contribution in [3.8, 4) is 0 Å². The Kier molecular flexibility index (Phi) is 3.96. The van der Waals surface area contributed by atoms with Gasteiger partial charge in [-0.15, -0.1) is 11.6 Å². The Morgan fingerprint density at radius 2 is 2.38 bits per heavy atom. The van der Waals surface area contributed by atoms with Gasteiger partial charge in [0.2, 0.25) is 5.91 Å². The van der Waals surface area contributed by atoms with E-state index < -0.39 is 6.10 Å². The van der Waals surface area contributed by atoms with E-state index >= 15 is 0 Å². The number of halogens is 1. The molecule has 4 nitrogen and oxygen atoms in total. The highest BCUT2D eigenvalue weighted by Crippen LogP contribution is 2.18. The van der Waals surface area contributed by atoms with Gasteiger partial charge in [-0.3, -0.25) is 4.79 Å². The van der Waals surface area contributed by atoms with E-state index in [1.807, 2.05) is 0 Å². The van der Waals surface area contributed by atoms with Crippen LogP contribution in [-0.4, -0.2) is 52.7 Å². The second kappa shape index (κ2) is 4.79. The van der Waals surface area contributed by atoms with E-state index in [9.17, 15) is 4.79 Å². The quantitative estimate of drug-likeness (QED) is 0.607. The third-order valence-corrected chi connectivity index (χ3v) is 2.59. The van der Waals surface area contributed by atoms with Crippen LogP contribution in [0.4, 0.5) is 0 Å². The number of carbonyl (C=O) groups excluding carboxylic acids is 1. The number of likely N-dealkylation sites (tertiary alicyclic amines) is 1. The first-order valence-corrected chi connectivity index (χ1v) is 4.83. The van der Waals surface area contributed by atoms with E-state index in [2.05, 4.69) is 0 Å². The van der Waals surface area contributed by atoms with Gasteiger partial charge in [-0.2, -0.15) is 0 Å². The number of hydrogen-bond donors (Lipinski definition) is 2. The Hall–Kier alpha value is -0.320. The molecule has 0 spiro atoms. The summed E-state index contributed by atoms with van der Waals surface area (Å²) in [6.45, 7) is 0.497. The predicted octanol–water partition coefficient (Wildman–Crippen LogP) is -0.573. The summed E-state index contributed by atoms with van der Waals surface area (Å²) in [7, 11) is 0. The highest BCUT2D eigenvalue weighted by molar-refractivity contribution is 6.18. The lowest BCUT2D eigenvalue weighted by atomic mass is 10.1. The maximum absolute atomic E-state index is 11.3. The molecule has 0 aromatic heterocycles. The zero-order valence-corrected chi connectivity index (χ0v) is 8.07. The van der Waals surface area contributed by atoms with E-state index in [1.54, 1.807) is 4.90 Å². The fourth-order valence-corrected chi connectivity index (χ4v) is 1.65.